The molecule has 0 saturated heterocycles. The molecule has 0 bridgehead atoms. The molecule has 2 aliphatic carbocycles. The predicted octanol–water partition coefficient (Wildman–Crippen LogP) is 5.04. The molecule has 1 aromatic carbocycles. The van der Waals surface area contributed by atoms with Gasteiger partial charge in [-0.15, -0.1) is 0 Å². The van der Waals surface area contributed by atoms with Crippen LogP contribution >= 0.6 is 0 Å². The van der Waals surface area contributed by atoms with Gasteiger partial charge in [-0.1, -0.05) is 26.8 Å². The largest absolute Gasteiger partial charge is 0.492 e. The number of rotatable bonds is 4. The van der Waals surface area contributed by atoms with Gasteiger partial charge in [0, 0.05) is 23.8 Å². The van der Waals surface area contributed by atoms with Crippen LogP contribution in [0.2, 0.25) is 18.1 Å². The quantitative estimate of drug-likeness (QED) is 0.715. The Morgan fingerprint density at radius 1 is 1.12 bits per heavy atom. The summed E-state index contributed by atoms with van der Waals surface area (Å²) in [5.41, 5.74) is 1.60. The van der Waals surface area contributed by atoms with Crippen LogP contribution in [0.5, 0.6) is 11.5 Å². The highest BCUT2D eigenvalue weighted by Gasteiger charge is 2.53. The Morgan fingerprint density at radius 3 is 2.46 bits per heavy atom. The Bertz CT molecular complexity index is 637. The maximum atomic E-state index is 6.49. The Balaban J connectivity index is 1.38. The Kier molecular flexibility index (Phi) is 3.60. The first-order chi connectivity index (χ1) is 11.2. The molecule has 4 rings (SSSR count). The second-order valence-corrected chi connectivity index (χ2v) is 14.2. The fraction of sp³-hybridized carbons (Fsp3) is 0.700. The summed E-state index contributed by atoms with van der Waals surface area (Å²) in [7, 11) is -1.66. The summed E-state index contributed by atoms with van der Waals surface area (Å²) >= 11 is 0. The Hall–Kier alpha value is -1.00. The number of benzene rings is 1. The summed E-state index contributed by atoms with van der Waals surface area (Å²) in [5, 5.41) is 0.273. The van der Waals surface area contributed by atoms with Gasteiger partial charge in [-0.2, -0.15) is 0 Å². The zero-order chi connectivity index (χ0) is 17.2. The van der Waals surface area contributed by atoms with Crippen molar-refractivity contribution >= 4 is 8.32 Å². The molecule has 0 N–H and O–H groups in total. The van der Waals surface area contributed by atoms with Crippen molar-refractivity contribution in [1.29, 1.82) is 0 Å². The standard InChI is InChI=1S/C20H30O3Si/c1-19(2,3)24(4,5)23-15-11-14(12-15)22-17-8-6-7-16-18(17)20(9-10-20)13-21-16/h6-8,14-15H,9-13H2,1-5H3/t14-,15-. The monoisotopic (exact) mass is 346 g/mol. The summed E-state index contributed by atoms with van der Waals surface area (Å²) in [6.45, 7) is 12.4. The van der Waals surface area contributed by atoms with E-state index in [1.807, 2.05) is 0 Å². The first-order valence-corrected chi connectivity index (χ1v) is 12.2. The van der Waals surface area contributed by atoms with Crippen LogP contribution in [0, 0.1) is 0 Å². The zero-order valence-corrected chi connectivity index (χ0v) is 16.6. The van der Waals surface area contributed by atoms with E-state index in [9.17, 15) is 0 Å². The van der Waals surface area contributed by atoms with Crippen LogP contribution < -0.4 is 9.47 Å². The molecule has 1 aromatic rings. The van der Waals surface area contributed by atoms with Crippen molar-refractivity contribution < 1.29 is 13.9 Å². The van der Waals surface area contributed by atoms with Crippen LogP contribution in [0.25, 0.3) is 0 Å². The van der Waals surface area contributed by atoms with Gasteiger partial charge in [0.25, 0.3) is 0 Å². The fourth-order valence-electron chi connectivity index (χ4n) is 3.57. The molecule has 1 heterocycles. The Labute approximate surface area is 146 Å². The summed E-state index contributed by atoms with van der Waals surface area (Å²) in [6, 6.07) is 6.26. The third-order valence-electron chi connectivity index (χ3n) is 6.49. The maximum absolute atomic E-state index is 6.49. The zero-order valence-electron chi connectivity index (χ0n) is 15.6. The minimum Gasteiger partial charge on any atom is -0.492 e. The normalized spacial score (nSPS) is 27.4. The van der Waals surface area contributed by atoms with Crippen molar-refractivity contribution in [1.82, 2.24) is 0 Å². The number of ether oxygens (including phenoxy) is 2. The lowest BCUT2D eigenvalue weighted by atomic mass is 9.91. The molecule has 2 saturated carbocycles. The molecule has 1 spiro atoms. The lowest BCUT2D eigenvalue weighted by molar-refractivity contribution is -0.00367. The van der Waals surface area contributed by atoms with Gasteiger partial charge in [0.2, 0.25) is 0 Å². The lowest BCUT2D eigenvalue weighted by Gasteiger charge is -2.44. The maximum Gasteiger partial charge on any atom is 0.192 e. The molecule has 4 heteroatoms. The van der Waals surface area contributed by atoms with E-state index >= 15 is 0 Å². The number of fused-ring (bicyclic) bond motifs is 2. The lowest BCUT2D eigenvalue weighted by Crippen LogP contribution is -2.50. The van der Waals surface area contributed by atoms with Gasteiger partial charge >= 0.3 is 0 Å². The molecule has 1 aliphatic heterocycles. The minimum atomic E-state index is -1.66. The van der Waals surface area contributed by atoms with Gasteiger partial charge in [0.15, 0.2) is 8.32 Å². The van der Waals surface area contributed by atoms with Crippen molar-refractivity contribution in [3.63, 3.8) is 0 Å². The highest BCUT2D eigenvalue weighted by Crippen LogP contribution is 2.58. The number of hydrogen-bond acceptors (Lipinski definition) is 3. The van der Waals surface area contributed by atoms with Gasteiger partial charge in [-0.05, 0) is 43.1 Å². The van der Waals surface area contributed by atoms with Crippen molar-refractivity contribution in [2.45, 2.75) is 82.2 Å². The molecular formula is C20H30O3Si. The smallest absolute Gasteiger partial charge is 0.192 e. The SMILES string of the molecule is CC(C)(C)[Si](C)(C)O[C@H]1C[C@H](Oc2cccc3c2C2(CC2)CO3)C1. The number of hydrogen-bond donors (Lipinski definition) is 0. The van der Waals surface area contributed by atoms with Crippen molar-refractivity contribution in [2.24, 2.45) is 0 Å². The molecule has 24 heavy (non-hydrogen) atoms. The predicted molar refractivity (Wildman–Crippen MR) is 98.6 cm³/mol. The van der Waals surface area contributed by atoms with E-state index in [2.05, 4.69) is 52.1 Å². The average Bonchev–Trinajstić information content (AvgIpc) is 3.12. The first kappa shape index (κ1) is 16.5. The fourth-order valence-corrected chi connectivity index (χ4v) is 4.95. The van der Waals surface area contributed by atoms with Crippen molar-refractivity contribution in [3.8, 4) is 11.5 Å². The van der Waals surface area contributed by atoms with Crippen LogP contribution in [0.15, 0.2) is 18.2 Å². The van der Waals surface area contributed by atoms with E-state index in [-0.39, 0.29) is 10.5 Å². The highest BCUT2D eigenvalue weighted by atomic mass is 28.4. The van der Waals surface area contributed by atoms with Gasteiger partial charge in [-0.3, -0.25) is 0 Å². The molecule has 0 aromatic heterocycles. The molecular weight excluding hydrogens is 316 g/mol. The molecule has 0 atom stereocenters. The second kappa shape index (κ2) is 5.25. The van der Waals surface area contributed by atoms with Crippen LogP contribution in [0.4, 0.5) is 0 Å². The summed E-state index contributed by atoms with van der Waals surface area (Å²) in [6.07, 6.45) is 5.18. The molecule has 132 valence electrons. The van der Waals surface area contributed by atoms with Crippen LogP contribution in [-0.4, -0.2) is 27.1 Å². The van der Waals surface area contributed by atoms with Crippen LogP contribution in [-0.2, 0) is 9.84 Å². The van der Waals surface area contributed by atoms with E-state index in [0.717, 1.165) is 30.9 Å². The van der Waals surface area contributed by atoms with Crippen molar-refractivity contribution in [3.05, 3.63) is 23.8 Å². The third-order valence-corrected chi connectivity index (χ3v) is 11.0. The van der Waals surface area contributed by atoms with Gasteiger partial charge in [0.05, 0.1) is 12.7 Å². The summed E-state index contributed by atoms with van der Waals surface area (Å²) in [5.74, 6) is 2.09. The molecule has 0 radical (unpaired) electrons. The van der Waals surface area contributed by atoms with Crippen molar-refractivity contribution in [2.75, 3.05) is 6.61 Å². The summed E-state index contributed by atoms with van der Waals surface area (Å²) in [4.78, 5) is 0. The van der Waals surface area contributed by atoms with Gasteiger partial charge in [0.1, 0.15) is 17.6 Å². The van der Waals surface area contributed by atoms with E-state index in [1.165, 1.54) is 18.4 Å². The molecule has 0 unspecified atom stereocenters. The van der Waals surface area contributed by atoms with Gasteiger partial charge in [-0.25, -0.2) is 0 Å². The molecule has 3 aliphatic rings. The average molecular weight is 347 g/mol. The topological polar surface area (TPSA) is 27.7 Å². The summed E-state index contributed by atoms with van der Waals surface area (Å²) < 4.78 is 18.7. The van der Waals surface area contributed by atoms with Gasteiger partial charge < -0.3 is 13.9 Å². The molecule has 2 fully saturated rings. The second-order valence-electron chi connectivity index (χ2n) is 9.41. The Morgan fingerprint density at radius 2 is 1.83 bits per heavy atom. The van der Waals surface area contributed by atoms with E-state index in [0.29, 0.717) is 12.2 Å². The van der Waals surface area contributed by atoms with Crippen LogP contribution in [0.1, 0.15) is 52.0 Å². The third kappa shape index (κ3) is 2.68. The van der Waals surface area contributed by atoms with E-state index < -0.39 is 8.32 Å². The molecule has 0 amide bonds. The highest BCUT2D eigenvalue weighted by molar-refractivity contribution is 6.74. The molecule has 3 nitrogen and oxygen atoms in total. The first-order valence-electron chi connectivity index (χ1n) is 9.31. The van der Waals surface area contributed by atoms with E-state index in [1.54, 1.807) is 0 Å². The van der Waals surface area contributed by atoms with Crippen LogP contribution in [0.3, 0.4) is 0 Å². The van der Waals surface area contributed by atoms with E-state index in [4.69, 9.17) is 13.9 Å². The minimum absolute atomic E-state index is 0.271.